The fourth-order valence-corrected chi connectivity index (χ4v) is 0.944. The molecule has 0 spiro atoms. The fourth-order valence-electron chi connectivity index (χ4n) is 0.944. The maximum atomic E-state index is 5.22. The summed E-state index contributed by atoms with van der Waals surface area (Å²) in [4.78, 5) is 0. The van der Waals surface area contributed by atoms with Crippen LogP contribution in [-0.4, -0.2) is 0 Å². The zero-order valence-electron chi connectivity index (χ0n) is 7.25. The molecule has 0 heterocycles. The molecular formula is C12H12. The van der Waals surface area contributed by atoms with Gasteiger partial charge in [-0.3, -0.25) is 0 Å². The van der Waals surface area contributed by atoms with Crippen LogP contribution in [0.5, 0.6) is 0 Å². The minimum atomic E-state index is 0.927. The highest BCUT2D eigenvalue weighted by Crippen LogP contribution is 2.01. The maximum absolute atomic E-state index is 5.22. The number of benzene rings is 1. The van der Waals surface area contributed by atoms with Crippen LogP contribution in [0.3, 0.4) is 0 Å². The summed E-state index contributed by atoms with van der Waals surface area (Å²) in [6, 6.07) is 10.3. The standard InChI is InChI=1S/C12H12/c1-3-11(2)9-10-12-7-5-4-6-8-12/h1,4-9H,10H2,2H3/b11-9-. The van der Waals surface area contributed by atoms with Crippen molar-refractivity contribution in [1.82, 2.24) is 0 Å². The first-order valence-corrected chi connectivity index (χ1v) is 4.00. The highest BCUT2D eigenvalue weighted by Gasteiger charge is 1.86. The minimum absolute atomic E-state index is 0.927. The van der Waals surface area contributed by atoms with E-state index in [0.29, 0.717) is 0 Å². The second-order valence-electron chi connectivity index (χ2n) is 2.72. The van der Waals surface area contributed by atoms with Crippen LogP contribution in [0.25, 0.3) is 0 Å². The van der Waals surface area contributed by atoms with Gasteiger partial charge in [0.15, 0.2) is 0 Å². The van der Waals surface area contributed by atoms with Gasteiger partial charge in [-0.2, -0.15) is 0 Å². The third kappa shape index (κ3) is 2.64. The van der Waals surface area contributed by atoms with Crippen molar-refractivity contribution in [2.45, 2.75) is 13.3 Å². The number of allylic oxidation sites excluding steroid dienone is 2. The second-order valence-corrected chi connectivity index (χ2v) is 2.72. The van der Waals surface area contributed by atoms with Crippen molar-refractivity contribution in [3.63, 3.8) is 0 Å². The topological polar surface area (TPSA) is 0 Å². The van der Waals surface area contributed by atoms with Gasteiger partial charge in [-0.15, -0.1) is 6.42 Å². The summed E-state index contributed by atoms with van der Waals surface area (Å²) >= 11 is 0. The van der Waals surface area contributed by atoms with E-state index >= 15 is 0 Å². The quantitative estimate of drug-likeness (QED) is 0.577. The Balaban J connectivity index is 2.61. The van der Waals surface area contributed by atoms with E-state index < -0.39 is 0 Å². The van der Waals surface area contributed by atoms with Gasteiger partial charge < -0.3 is 0 Å². The smallest absolute Gasteiger partial charge is 0.00500 e. The fraction of sp³-hybridized carbons (Fsp3) is 0.167. The van der Waals surface area contributed by atoms with Crippen LogP contribution in [0.15, 0.2) is 42.0 Å². The molecule has 0 bridgehead atoms. The predicted molar refractivity (Wildman–Crippen MR) is 52.7 cm³/mol. The lowest BCUT2D eigenvalue weighted by Crippen LogP contribution is -1.80. The molecule has 60 valence electrons. The van der Waals surface area contributed by atoms with Crippen LogP contribution >= 0.6 is 0 Å². The van der Waals surface area contributed by atoms with Crippen molar-refractivity contribution in [3.8, 4) is 12.3 Å². The molecule has 0 aliphatic carbocycles. The van der Waals surface area contributed by atoms with Gasteiger partial charge in [0.05, 0.1) is 0 Å². The van der Waals surface area contributed by atoms with Crippen LogP contribution in [0, 0.1) is 12.3 Å². The van der Waals surface area contributed by atoms with E-state index in [-0.39, 0.29) is 0 Å². The molecule has 0 nitrogen and oxygen atoms in total. The highest BCUT2D eigenvalue weighted by molar-refractivity contribution is 5.26. The number of hydrogen-bond donors (Lipinski definition) is 0. The van der Waals surface area contributed by atoms with Crippen LogP contribution in [-0.2, 0) is 6.42 Å². The van der Waals surface area contributed by atoms with Crippen molar-refractivity contribution in [2.24, 2.45) is 0 Å². The molecule has 0 aromatic heterocycles. The third-order valence-corrected chi connectivity index (χ3v) is 1.71. The summed E-state index contributed by atoms with van der Waals surface area (Å²) < 4.78 is 0. The Bertz CT molecular complexity index is 299. The van der Waals surface area contributed by atoms with E-state index in [0.717, 1.165) is 12.0 Å². The van der Waals surface area contributed by atoms with Crippen molar-refractivity contribution < 1.29 is 0 Å². The van der Waals surface area contributed by atoms with E-state index in [2.05, 4.69) is 24.1 Å². The van der Waals surface area contributed by atoms with Gasteiger partial charge in [0.25, 0.3) is 0 Å². The van der Waals surface area contributed by atoms with Crippen molar-refractivity contribution in [1.29, 1.82) is 0 Å². The highest BCUT2D eigenvalue weighted by atomic mass is 13.9. The van der Waals surface area contributed by atoms with Gasteiger partial charge in [0.2, 0.25) is 0 Å². The molecule has 1 aromatic carbocycles. The van der Waals surface area contributed by atoms with E-state index in [1.54, 1.807) is 0 Å². The first kappa shape index (κ1) is 8.62. The molecule has 0 fully saturated rings. The monoisotopic (exact) mass is 156 g/mol. The SMILES string of the molecule is C#C/C(C)=C\Cc1ccccc1. The van der Waals surface area contributed by atoms with E-state index in [4.69, 9.17) is 6.42 Å². The molecule has 0 atom stereocenters. The summed E-state index contributed by atoms with van der Waals surface area (Å²) in [5.41, 5.74) is 2.30. The summed E-state index contributed by atoms with van der Waals surface area (Å²) in [6.07, 6.45) is 8.21. The van der Waals surface area contributed by atoms with Crippen molar-refractivity contribution in [2.75, 3.05) is 0 Å². The van der Waals surface area contributed by atoms with Crippen molar-refractivity contribution in [3.05, 3.63) is 47.5 Å². The average molecular weight is 156 g/mol. The van der Waals surface area contributed by atoms with Gasteiger partial charge >= 0.3 is 0 Å². The molecule has 12 heavy (non-hydrogen) atoms. The normalized spacial score (nSPS) is 10.8. The molecule has 0 radical (unpaired) electrons. The summed E-state index contributed by atoms with van der Waals surface area (Å²) in [5, 5.41) is 0. The summed E-state index contributed by atoms with van der Waals surface area (Å²) in [7, 11) is 0. The van der Waals surface area contributed by atoms with Gasteiger partial charge in [-0.1, -0.05) is 42.3 Å². The van der Waals surface area contributed by atoms with Gasteiger partial charge in [0, 0.05) is 0 Å². The summed E-state index contributed by atoms with van der Waals surface area (Å²) in [6.45, 7) is 1.95. The molecule has 0 aliphatic heterocycles. The van der Waals surface area contributed by atoms with Crippen LogP contribution in [0.4, 0.5) is 0 Å². The molecule has 0 saturated heterocycles. The Hall–Kier alpha value is -1.48. The van der Waals surface area contributed by atoms with Gasteiger partial charge in [0.1, 0.15) is 0 Å². The van der Waals surface area contributed by atoms with E-state index in [1.807, 2.05) is 25.1 Å². The Morgan fingerprint density at radius 2 is 2.08 bits per heavy atom. The lowest BCUT2D eigenvalue weighted by atomic mass is 10.1. The Labute approximate surface area is 73.9 Å². The zero-order chi connectivity index (χ0) is 8.81. The molecule has 1 aromatic rings. The first-order chi connectivity index (χ1) is 5.83. The van der Waals surface area contributed by atoms with Crippen LogP contribution in [0.2, 0.25) is 0 Å². The summed E-state index contributed by atoms with van der Waals surface area (Å²) in [5.74, 6) is 2.60. The largest absolute Gasteiger partial charge is 0.115 e. The Morgan fingerprint density at radius 3 is 2.67 bits per heavy atom. The maximum Gasteiger partial charge on any atom is -0.00500 e. The molecule has 0 unspecified atom stereocenters. The first-order valence-electron chi connectivity index (χ1n) is 4.00. The molecule has 1 rings (SSSR count). The molecule has 0 N–H and O–H groups in total. The van der Waals surface area contributed by atoms with Crippen LogP contribution in [0.1, 0.15) is 12.5 Å². The molecule has 0 heteroatoms. The van der Waals surface area contributed by atoms with Crippen molar-refractivity contribution >= 4 is 0 Å². The average Bonchev–Trinajstić information content (AvgIpc) is 2.16. The van der Waals surface area contributed by atoms with Gasteiger partial charge in [-0.25, -0.2) is 0 Å². The lowest BCUT2D eigenvalue weighted by molar-refractivity contribution is 1.25. The Morgan fingerprint density at radius 1 is 1.42 bits per heavy atom. The number of rotatable bonds is 2. The molecule has 0 saturated carbocycles. The van der Waals surface area contributed by atoms with E-state index in [9.17, 15) is 0 Å². The van der Waals surface area contributed by atoms with Gasteiger partial charge in [-0.05, 0) is 24.5 Å². The third-order valence-electron chi connectivity index (χ3n) is 1.71. The lowest BCUT2D eigenvalue weighted by Gasteiger charge is -1.94. The number of terminal acetylenes is 1. The minimum Gasteiger partial charge on any atom is -0.115 e. The van der Waals surface area contributed by atoms with Crippen LogP contribution < -0.4 is 0 Å². The molecule has 0 amide bonds. The molecular weight excluding hydrogens is 144 g/mol. The Kier molecular flexibility index (Phi) is 3.17. The predicted octanol–water partition coefficient (Wildman–Crippen LogP) is 2.81. The number of hydrogen-bond acceptors (Lipinski definition) is 0. The molecule has 0 aliphatic rings. The van der Waals surface area contributed by atoms with E-state index in [1.165, 1.54) is 5.56 Å². The second kappa shape index (κ2) is 4.41. The zero-order valence-corrected chi connectivity index (χ0v) is 7.25.